The molecular formula is C32H27ClN2O5. The van der Waals surface area contributed by atoms with E-state index in [1.165, 1.54) is 6.08 Å². The number of carbonyl (C=O) groups excluding carboxylic acids is 1. The summed E-state index contributed by atoms with van der Waals surface area (Å²) in [6.45, 7) is 0.624. The van der Waals surface area contributed by atoms with Crippen LogP contribution in [-0.4, -0.2) is 20.1 Å². The predicted octanol–water partition coefficient (Wildman–Crippen LogP) is 7.06. The molecule has 4 aromatic carbocycles. The van der Waals surface area contributed by atoms with Crippen molar-refractivity contribution in [3.63, 3.8) is 0 Å². The van der Waals surface area contributed by atoms with Crippen LogP contribution in [0.25, 0.3) is 6.08 Å². The molecule has 0 atom stereocenters. The van der Waals surface area contributed by atoms with Crippen LogP contribution in [0.3, 0.4) is 0 Å². The SMILES string of the molecule is COc1ccc(NC(=O)/C(C#N)=C\c2cc(Cl)ccc2OCc2ccc(OCc3ccccc3)c(OC)c2)cc1. The predicted molar refractivity (Wildman–Crippen MR) is 155 cm³/mol. The van der Waals surface area contributed by atoms with E-state index in [0.717, 1.165) is 11.1 Å². The number of carbonyl (C=O) groups is 1. The van der Waals surface area contributed by atoms with Crippen molar-refractivity contribution in [1.29, 1.82) is 5.26 Å². The smallest absolute Gasteiger partial charge is 0.266 e. The number of hydrogen-bond acceptors (Lipinski definition) is 6. The number of methoxy groups -OCH3 is 2. The van der Waals surface area contributed by atoms with Crippen molar-refractivity contribution in [3.8, 4) is 29.1 Å². The summed E-state index contributed by atoms with van der Waals surface area (Å²) in [5, 5.41) is 12.8. The summed E-state index contributed by atoms with van der Waals surface area (Å²) >= 11 is 6.22. The summed E-state index contributed by atoms with van der Waals surface area (Å²) in [6, 6.07) is 29.2. The van der Waals surface area contributed by atoms with Crippen LogP contribution in [0.5, 0.6) is 23.0 Å². The second-order valence-corrected chi connectivity index (χ2v) is 9.02. The highest BCUT2D eigenvalue weighted by Crippen LogP contribution is 2.31. The molecule has 0 aliphatic carbocycles. The number of halogens is 1. The number of hydrogen-bond donors (Lipinski definition) is 1. The number of anilines is 1. The molecular weight excluding hydrogens is 528 g/mol. The van der Waals surface area contributed by atoms with Gasteiger partial charge in [-0.3, -0.25) is 4.79 Å². The summed E-state index contributed by atoms with van der Waals surface area (Å²) in [5.41, 5.74) is 2.80. The molecule has 8 heteroatoms. The van der Waals surface area contributed by atoms with Gasteiger partial charge < -0.3 is 24.3 Å². The topological polar surface area (TPSA) is 89.8 Å². The van der Waals surface area contributed by atoms with Crippen molar-refractivity contribution in [3.05, 3.63) is 118 Å². The molecule has 202 valence electrons. The van der Waals surface area contributed by atoms with Crippen molar-refractivity contribution in [1.82, 2.24) is 0 Å². The molecule has 4 aromatic rings. The summed E-state index contributed by atoms with van der Waals surface area (Å²) in [5.74, 6) is 1.75. The maximum Gasteiger partial charge on any atom is 0.266 e. The average molecular weight is 555 g/mol. The van der Waals surface area contributed by atoms with Gasteiger partial charge >= 0.3 is 0 Å². The Morgan fingerprint density at radius 3 is 2.23 bits per heavy atom. The van der Waals surface area contributed by atoms with Gasteiger partial charge in [0.2, 0.25) is 0 Å². The molecule has 0 saturated heterocycles. The monoisotopic (exact) mass is 554 g/mol. The molecule has 0 spiro atoms. The number of nitrogens with one attached hydrogen (secondary N) is 1. The van der Waals surface area contributed by atoms with E-state index in [2.05, 4.69) is 5.32 Å². The van der Waals surface area contributed by atoms with Gasteiger partial charge in [0.1, 0.15) is 36.4 Å². The lowest BCUT2D eigenvalue weighted by molar-refractivity contribution is -0.112. The van der Waals surface area contributed by atoms with Crippen molar-refractivity contribution in [2.75, 3.05) is 19.5 Å². The fourth-order valence-corrected chi connectivity index (χ4v) is 3.94. The maximum atomic E-state index is 12.8. The number of nitrogens with zero attached hydrogens (tertiary/aromatic N) is 1. The van der Waals surface area contributed by atoms with Gasteiger partial charge in [-0.2, -0.15) is 5.26 Å². The second kappa shape index (κ2) is 13.7. The number of nitriles is 1. The van der Waals surface area contributed by atoms with Crippen molar-refractivity contribution in [2.24, 2.45) is 0 Å². The Hall–Kier alpha value is -4.93. The molecule has 0 aliphatic rings. The highest BCUT2D eigenvalue weighted by molar-refractivity contribution is 6.30. The van der Waals surface area contributed by atoms with Crippen LogP contribution >= 0.6 is 11.6 Å². The van der Waals surface area contributed by atoms with Crippen LogP contribution in [0.15, 0.2) is 96.6 Å². The summed E-state index contributed by atoms with van der Waals surface area (Å²) in [6.07, 6.45) is 1.45. The van der Waals surface area contributed by atoms with Crippen LogP contribution < -0.4 is 24.3 Å². The quantitative estimate of drug-likeness (QED) is 0.158. The van der Waals surface area contributed by atoms with E-state index < -0.39 is 5.91 Å². The van der Waals surface area contributed by atoms with Gasteiger partial charge in [-0.25, -0.2) is 0 Å². The molecule has 0 bridgehead atoms. The summed E-state index contributed by atoms with van der Waals surface area (Å²) in [7, 11) is 3.14. The number of rotatable bonds is 11. The minimum atomic E-state index is -0.561. The average Bonchev–Trinajstić information content (AvgIpc) is 2.99. The Labute approximate surface area is 238 Å². The van der Waals surface area contributed by atoms with Gasteiger partial charge in [-0.15, -0.1) is 0 Å². The van der Waals surface area contributed by atoms with Crippen molar-refractivity contribution < 1.29 is 23.7 Å². The zero-order chi connectivity index (χ0) is 28.3. The van der Waals surface area contributed by atoms with Crippen LogP contribution in [-0.2, 0) is 18.0 Å². The molecule has 0 radical (unpaired) electrons. The molecule has 1 amide bonds. The minimum Gasteiger partial charge on any atom is -0.497 e. The highest BCUT2D eigenvalue weighted by Gasteiger charge is 2.13. The van der Waals surface area contributed by atoms with Gasteiger partial charge in [-0.1, -0.05) is 48.0 Å². The number of amides is 1. The normalized spacial score (nSPS) is 10.8. The molecule has 0 aromatic heterocycles. The fourth-order valence-electron chi connectivity index (χ4n) is 3.76. The molecule has 0 unspecified atom stereocenters. The molecule has 40 heavy (non-hydrogen) atoms. The first kappa shape index (κ1) is 28.1. The minimum absolute atomic E-state index is 0.107. The third-order valence-corrected chi connectivity index (χ3v) is 6.08. The van der Waals surface area contributed by atoms with Gasteiger partial charge in [0.05, 0.1) is 14.2 Å². The first-order valence-corrected chi connectivity index (χ1v) is 12.7. The zero-order valence-electron chi connectivity index (χ0n) is 22.0. The van der Waals surface area contributed by atoms with Crippen LogP contribution in [0.1, 0.15) is 16.7 Å². The first-order chi connectivity index (χ1) is 19.5. The first-order valence-electron chi connectivity index (χ1n) is 12.3. The van der Waals surface area contributed by atoms with Crippen molar-refractivity contribution >= 4 is 29.3 Å². The van der Waals surface area contributed by atoms with Crippen molar-refractivity contribution in [2.45, 2.75) is 13.2 Å². The third kappa shape index (κ3) is 7.56. The molecule has 4 rings (SSSR count). The number of ether oxygens (including phenoxy) is 4. The Morgan fingerprint density at radius 2 is 1.52 bits per heavy atom. The lowest BCUT2D eigenvalue weighted by atomic mass is 10.1. The Kier molecular flexibility index (Phi) is 9.65. The highest BCUT2D eigenvalue weighted by atomic mass is 35.5. The van der Waals surface area contributed by atoms with E-state index >= 15 is 0 Å². The van der Waals surface area contributed by atoms with Crippen LogP contribution in [0, 0.1) is 11.3 Å². The van der Waals surface area contributed by atoms with Gasteiger partial charge in [0, 0.05) is 16.3 Å². The third-order valence-electron chi connectivity index (χ3n) is 5.84. The standard InChI is InChI=1S/C32H27ClN2O5/c1-37-28-12-10-27(11-13-28)35-32(36)25(19-34)17-24-18-26(33)9-15-29(24)39-21-23-8-14-30(31(16-23)38-2)40-20-22-6-4-3-5-7-22/h3-18H,20-21H2,1-2H3,(H,35,36)/b25-17-. The second-order valence-electron chi connectivity index (χ2n) is 8.58. The lowest BCUT2D eigenvalue weighted by Gasteiger charge is -2.14. The van der Waals surface area contributed by atoms with E-state index in [9.17, 15) is 10.1 Å². The Bertz CT molecular complexity index is 1530. The molecule has 7 nitrogen and oxygen atoms in total. The maximum absolute atomic E-state index is 12.8. The summed E-state index contributed by atoms with van der Waals surface area (Å²) in [4.78, 5) is 12.8. The Balaban J connectivity index is 1.47. The van der Waals surface area contributed by atoms with E-state index in [4.69, 9.17) is 30.5 Å². The lowest BCUT2D eigenvalue weighted by Crippen LogP contribution is -2.13. The fraction of sp³-hybridized carbons (Fsp3) is 0.125. The number of benzene rings is 4. The summed E-state index contributed by atoms with van der Waals surface area (Å²) < 4.78 is 22.7. The van der Waals surface area contributed by atoms with Gasteiger partial charge in [0.25, 0.3) is 5.91 Å². The van der Waals surface area contributed by atoms with Crippen LogP contribution in [0.4, 0.5) is 5.69 Å². The van der Waals surface area contributed by atoms with E-state index in [1.54, 1.807) is 56.7 Å². The Morgan fingerprint density at radius 1 is 0.825 bits per heavy atom. The molecule has 0 fully saturated rings. The molecule has 1 N–H and O–H groups in total. The van der Waals surface area contributed by atoms with Gasteiger partial charge in [-0.05, 0) is 71.8 Å². The molecule has 0 aliphatic heterocycles. The van der Waals surface area contributed by atoms with E-state index in [-0.39, 0.29) is 12.2 Å². The van der Waals surface area contributed by atoms with Crippen LogP contribution in [0.2, 0.25) is 5.02 Å². The van der Waals surface area contributed by atoms with Gasteiger partial charge in [0.15, 0.2) is 11.5 Å². The largest absolute Gasteiger partial charge is 0.497 e. The molecule has 0 heterocycles. The molecule has 0 saturated carbocycles. The zero-order valence-corrected chi connectivity index (χ0v) is 22.8. The van der Waals surface area contributed by atoms with E-state index in [1.807, 2.05) is 54.6 Å². The van der Waals surface area contributed by atoms with E-state index in [0.29, 0.717) is 45.9 Å².